The molecule has 1 atom stereocenters. The van der Waals surface area contributed by atoms with Gasteiger partial charge in [0.25, 0.3) is 11.8 Å². The fourth-order valence-corrected chi connectivity index (χ4v) is 3.27. The molecule has 0 aliphatic rings. The highest BCUT2D eigenvalue weighted by Crippen LogP contribution is 2.22. The Labute approximate surface area is 164 Å². The molecule has 9 heteroatoms. The van der Waals surface area contributed by atoms with Gasteiger partial charge in [0.2, 0.25) is 0 Å². The molecular weight excluding hydrogens is 399 g/mol. The maximum atomic E-state index is 12.1. The maximum absolute atomic E-state index is 12.1. The van der Waals surface area contributed by atoms with Crippen molar-refractivity contribution in [3.63, 3.8) is 0 Å². The van der Waals surface area contributed by atoms with Gasteiger partial charge in [-0.15, -0.1) is 11.3 Å². The number of esters is 1. The van der Waals surface area contributed by atoms with Crippen molar-refractivity contribution in [1.82, 2.24) is 5.32 Å². The molecule has 138 valence electrons. The van der Waals surface area contributed by atoms with E-state index in [4.69, 9.17) is 27.9 Å². The molecule has 0 saturated heterocycles. The highest BCUT2D eigenvalue weighted by Gasteiger charge is 2.19. The van der Waals surface area contributed by atoms with E-state index in [1.165, 1.54) is 36.5 Å². The van der Waals surface area contributed by atoms with Crippen LogP contribution in [0.25, 0.3) is 0 Å². The molecule has 0 spiro atoms. The summed E-state index contributed by atoms with van der Waals surface area (Å²) in [7, 11) is 0. The van der Waals surface area contributed by atoms with E-state index in [1.807, 2.05) is 13.0 Å². The van der Waals surface area contributed by atoms with Crippen LogP contribution in [-0.4, -0.2) is 30.4 Å². The SMILES string of the molecule is Cc1ccc(C(=O)NCC(=O)O[C@H](C)C(=O)Nc2cc(Cl)cc(Cl)c2)s1. The Balaban J connectivity index is 1.82. The first kappa shape index (κ1) is 20.2. The van der Waals surface area contributed by atoms with Crippen molar-refractivity contribution in [2.45, 2.75) is 20.0 Å². The molecule has 2 aromatic rings. The van der Waals surface area contributed by atoms with Crippen LogP contribution in [0.5, 0.6) is 0 Å². The van der Waals surface area contributed by atoms with Crippen molar-refractivity contribution in [2.24, 2.45) is 0 Å². The molecular formula is C17H16Cl2N2O4S. The second-order valence-electron chi connectivity index (χ2n) is 5.37. The topological polar surface area (TPSA) is 84.5 Å². The van der Waals surface area contributed by atoms with Crippen molar-refractivity contribution < 1.29 is 19.1 Å². The summed E-state index contributed by atoms with van der Waals surface area (Å²) in [6.07, 6.45) is -1.05. The largest absolute Gasteiger partial charge is 0.451 e. The van der Waals surface area contributed by atoms with Crippen LogP contribution in [0.4, 0.5) is 5.69 Å². The van der Waals surface area contributed by atoms with E-state index < -0.39 is 18.0 Å². The van der Waals surface area contributed by atoms with Gasteiger partial charge in [0.1, 0.15) is 6.54 Å². The molecule has 2 rings (SSSR count). The summed E-state index contributed by atoms with van der Waals surface area (Å²) in [4.78, 5) is 37.2. The third-order valence-corrected chi connectivity index (χ3v) is 4.60. The summed E-state index contributed by atoms with van der Waals surface area (Å²) in [5.41, 5.74) is 0.386. The van der Waals surface area contributed by atoms with Crippen molar-refractivity contribution in [3.05, 3.63) is 50.1 Å². The summed E-state index contributed by atoms with van der Waals surface area (Å²) in [6, 6.07) is 8.05. The molecule has 2 amide bonds. The first-order valence-electron chi connectivity index (χ1n) is 7.55. The van der Waals surface area contributed by atoms with Crippen LogP contribution in [0.15, 0.2) is 30.3 Å². The van der Waals surface area contributed by atoms with Crippen LogP contribution in [0.1, 0.15) is 21.5 Å². The van der Waals surface area contributed by atoms with Crippen molar-refractivity contribution in [1.29, 1.82) is 0 Å². The molecule has 0 bridgehead atoms. The number of hydrogen-bond acceptors (Lipinski definition) is 5. The molecule has 0 unspecified atom stereocenters. The van der Waals surface area contributed by atoms with Crippen LogP contribution in [-0.2, 0) is 14.3 Å². The Bertz CT molecular complexity index is 818. The second kappa shape index (κ2) is 9.02. The standard InChI is InChI=1S/C17H16Cl2N2O4S/c1-9-3-4-14(26-9)17(24)20-8-15(22)25-10(2)16(23)21-13-6-11(18)5-12(19)7-13/h3-7,10H,8H2,1-2H3,(H,20,24)(H,21,23)/t10-/m1/s1. The van der Waals surface area contributed by atoms with Crippen LogP contribution >= 0.6 is 34.5 Å². The first-order valence-corrected chi connectivity index (χ1v) is 9.13. The summed E-state index contributed by atoms with van der Waals surface area (Å²) >= 11 is 13.0. The minimum Gasteiger partial charge on any atom is -0.451 e. The zero-order valence-corrected chi connectivity index (χ0v) is 16.3. The van der Waals surface area contributed by atoms with Crippen LogP contribution in [0.2, 0.25) is 10.0 Å². The predicted octanol–water partition coefficient (Wildman–Crippen LogP) is 3.66. The molecule has 0 radical (unpaired) electrons. The number of carbonyl (C=O) groups excluding carboxylic acids is 3. The van der Waals surface area contributed by atoms with Gasteiger partial charge in [-0.1, -0.05) is 23.2 Å². The van der Waals surface area contributed by atoms with E-state index in [0.29, 0.717) is 20.6 Å². The fraction of sp³-hybridized carbons (Fsp3) is 0.235. The monoisotopic (exact) mass is 414 g/mol. The maximum Gasteiger partial charge on any atom is 0.326 e. The molecule has 1 aromatic carbocycles. The number of carbonyl (C=O) groups is 3. The van der Waals surface area contributed by atoms with Gasteiger partial charge >= 0.3 is 5.97 Å². The third-order valence-electron chi connectivity index (χ3n) is 3.16. The molecule has 0 aliphatic carbocycles. The quantitative estimate of drug-likeness (QED) is 0.706. The minimum atomic E-state index is -1.05. The summed E-state index contributed by atoms with van der Waals surface area (Å²) in [6.45, 7) is 2.96. The Kier molecular flexibility index (Phi) is 7.02. The number of hydrogen-bond donors (Lipinski definition) is 2. The van der Waals surface area contributed by atoms with Gasteiger partial charge < -0.3 is 15.4 Å². The second-order valence-corrected chi connectivity index (χ2v) is 7.53. The van der Waals surface area contributed by atoms with Crippen molar-refractivity contribution in [3.8, 4) is 0 Å². The van der Waals surface area contributed by atoms with Crippen LogP contribution in [0.3, 0.4) is 0 Å². The molecule has 0 saturated carbocycles. The van der Waals surface area contributed by atoms with E-state index in [2.05, 4.69) is 10.6 Å². The lowest BCUT2D eigenvalue weighted by Gasteiger charge is -2.14. The van der Waals surface area contributed by atoms with Crippen molar-refractivity contribution >= 4 is 58.0 Å². The predicted molar refractivity (Wildman–Crippen MR) is 102 cm³/mol. The lowest BCUT2D eigenvalue weighted by molar-refractivity contribution is -0.152. The highest BCUT2D eigenvalue weighted by atomic mass is 35.5. The number of halogens is 2. The Hall–Kier alpha value is -2.09. The van der Waals surface area contributed by atoms with E-state index in [1.54, 1.807) is 6.07 Å². The molecule has 0 fully saturated rings. The van der Waals surface area contributed by atoms with Gasteiger partial charge in [-0.05, 0) is 44.2 Å². The number of nitrogens with one attached hydrogen (secondary N) is 2. The van der Waals surface area contributed by atoms with E-state index in [-0.39, 0.29) is 12.5 Å². The Morgan fingerprint density at radius 3 is 2.38 bits per heavy atom. The summed E-state index contributed by atoms with van der Waals surface area (Å²) < 4.78 is 5.01. The zero-order chi connectivity index (χ0) is 19.3. The van der Waals surface area contributed by atoms with Crippen LogP contribution in [0, 0.1) is 6.92 Å². The van der Waals surface area contributed by atoms with E-state index in [9.17, 15) is 14.4 Å². The smallest absolute Gasteiger partial charge is 0.326 e. The van der Waals surface area contributed by atoms with Gasteiger partial charge in [-0.25, -0.2) is 0 Å². The summed E-state index contributed by atoms with van der Waals surface area (Å²) in [5.74, 6) is -1.64. The molecule has 2 N–H and O–H groups in total. The molecule has 26 heavy (non-hydrogen) atoms. The number of amides is 2. The number of rotatable bonds is 6. The summed E-state index contributed by atoms with van der Waals surface area (Å²) in [5, 5.41) is 5.73. The van der Waals surface area contributed by atoms with E-state index >= 15 is 0 Å². The number of anilines is 1. The van der Waals surface area contributed by atoms with Crippen LogP contribution < -0.4 is 10.6 Å². The zero-order valence-electron chi connectivity index (χ0n) is 14.0. The highest BCUT2D eigenvalue weighted by molar-refractivity contribution is 7.13. The number of thiophene rings is 1. The number of benzene rings is 1. The van der Waals surface area contributed by atoms with Gasteiger partial charge in [-0.3, -0.25) is 14.4 Å². The molecule has 1 heterocycles. The lowest BCUT2D eigenvalue weighted by Crippen LogP contribution is -2.35. The van der Waals surface area contributed by atoms with Gasteiger partial charge in [0.15, 0.2) is 6.10 Å². The Morgan fingerprint density at radius 2 is 1.81 bits per heavy atom. The molecule has 1 aromatic heterocycles. The minimum absolute atomic E-state index is 0.337. The molecule has 6 nitrogen and oxygen atoms in total. The number of aryl methyl sites for hydroxylation is 1. The number of ether oxygens (including phenoxy) is 1. The average Bonchev–Trinajstić information content (AvgIpc) is 2.98. The Morgan fingerprint density at radius 1 is 1.15 bits per heavy atom. The fourth-order valence-electron chi connectivity index (χ4n) is 1.96. The average molecular weight is 415 g/mol. The lowest BCUT2D eigenvalue weighted by atomic mass is 10.3. The third kappa shape index (κ3) is 6.01. The van der Waals surface area contributed by atoms with E-state index in [0.717, 1.165) is 4.88 Å². The van der Waals surface area contributed by atoms with Gasteiger partial charge in [0.05, 0.1) is 4.88 Å². The van der Waals surface area contributed by atoms with Crippen molar-refractivity contribution in [2.75, 3.05) is 11.9 Å². The normalized spacial score (nSPS) is 11.5. The first-order chi connectivity index (χ1) is 12.2. The molecule has 0 aliphatic heterocycles. The van der Waals surface area contributed by atoms with Gasteiger partial charge in [-0.2, -0.15) is 0 Å². The van der Waals surface area contributed by atoms with Gasteiger partial charge in [0, 0.05) is 20.6 Å².